The zero-order valence-corrected chi connectivity index (χ0v) is 14.2. The topological polar surface area (TPSA) is 24.1 Å². The van der Waals surface area contributed by atoms with Crippen molar-refractivity contribution < 1.29 is 13.2 Å². The van der Waals surface area contributed by atoms with Gasteiger partial charge >= 0.3 is 0 Å². The fourth-order valence-electron chi connectivity index (χ4n) is 1.82. The normalized spacial score (nSPS) is 11.4. The van der Waals surface area contributed by atoms with Gasteiger partial charge in [-0.05, 0) is 69.5 Å². The third-order valence-corrected chi connectivity index (χ3v) is 3.88. The smallest absolute Gasteiger partial charge is 0.184 e. The SMILES string of the molecule is Cc1ccc(Nc2c(NSC(C)(C)C)ccc(F)c2F)c(F)c1. The van der Waals surface area contributed by atoms with Crippen molar-refractivity contribution in [1.82, 2.24) is 0 Å². The maximum Gasteiger partial charge on any atom is 0.184 e. The Bertz CT molecular complexity index is 712. The van der Waals surface area contributed by atoms with Crippen LogP contribution in [0.5, 0.6) is 0 Å². The van der Waals surface area contributed by atoms with Crippen molar-refractivity contribution in [3.8, 4) is 0 Å². The first-order chi connectivity index (χ1) is 10.7. The number of hydrogen-bond donors (Lipinski definition) is 2. The number of rotatable bonds is 4. The van der Waals surface area contributed by atoms with Gasteiger partial charge in [0.05, 0.1) is 11.4 Å². The molecule has 124 valence electrons. The molecule has 0 unspecified atom stereocenters. The molecule has 6 heteroatoms. The zero-order chi connectivity index (χ0) is 17.2. The molecule has 0 aliphatic rings. The summed E-state index contributed by atoms with van der Waals surface area (Å²) in [5, 5.41) is 2.65. The minimum Gasteiger partial charge on any atom is -0.349 e. The summed E-state index contributed by atoms with van der Waals surface area (Å²) >= 11 is 1.36. The molecule has 2 aromatic carbocycles. The van der Waals surface area contributed by atoms with Gasteiger partial charge in [-0.3, -0.25) is 0 Å². The fourth-order valence-corrected chi connectivity index (χ4v) is 2.41. The van der Waals surface area contributed by atoms with Crippen LogP contribution in [0.2, 0.25) is 0 Å². The van der Waals surface area contributed by atoms with E-state index in [0.717, 1.165) is 11.6 Å². The minimum atomic E-state index is -1.05. The number of benzene rings is 2. The van der Waals surface area contributed by atoms with Gasteiger partial charge in [0.15, 0.2) is 11.6 Å². The predicted octanol–water partition coefficient (Wildman–Crippen LogP) is 6.01. The summed E-state index contributed by atoms with van der Waals surface area (Å²) in [6.45, 7) is 7.70. The Hall–Kier alpha value is -1.82. The molecule has 0 saturated heterocycles. The third-order valence-electron chi connectivity index (χ3n) is 2.95. The summed E-state index contributed by atoms with van der Waals surface area (Å²) < 4.78 is 44.6. The van der Waals surface area contributed by atoms with E-state index in [1.54, 1.807) is 13.0 Å². The first-order valence-corrected chi connectivity index (χ1v) is 7.94. The molecular weight excluding hydrogens is 321 g/mol. The van der Waals surface area contributed by atoms with Crippen molar-refractivity contribution >= 4 is 29.0 Å². The predicted molar refractivity (Wildman–Crippen MR) is 91.7 cm³/mol. The van der Waals surface area contributed by atoms with E-state index in [4.69, 9.17) is 0 Å². The van der Waals surface area contributed by atoms with Gasteiger partial charge in [0.25, 0.3) is 0 Å². The Morgan fingerprint density at radius 2 is 1.57 bits per heavy atom. The van der Waals surface area contributed by atoms with Crippen LogP contribution < -0.4 is 10.0 Å². The average molecular weight is 340 g/mol. The minimum absolute atomic E-state index is 0.0870. The first kappa shape index (κ1) is 17.5. The third kappa shape index (κ3) is 4.58. The highest BCUT2D eigenvalue weighted by molar-refractivity contribution is 8.01. The van der Waals surface area contributed by atoms with Crippen molar-refractivity contribution in [2.45, 2.75) is 32.4 Å². The monoisotopic (exact) mass is 340 g/mol. The summed E-state index contributed by atoms with van der Waals surface area (Å²) in [5.74, 6) is -2.57. The van der Waals surface area contributed by atoms with Crippen LogP contribution in [0.15, 0.2) is 30.3 Å². The second-order valence-electron chi connectivity index (χ2n) is 6.21. The van der Waals surface area contributed by atoms with Gasteiger partial charge in [-0.25, -0.2) is 13.2 Å². The molecule has 0 bridgehead atoms. The van der Waals surface area contributed by atoms with Crippen molar-refractivity contribution in [1.29, 1.82) is 0 Å². The number of hydrogen-bond acceptors (Lipinski definition) is 3. The van der Waals surface area contributed by atoms with E-state index in [-0.39, 0.29) is 16.1 Å². The molecule has 2 N–H and O–H groups in total. The molecule has 23 heavy (non-hydrogen) atoms. The molecule has 0 aromatic heterocycles. The summed E-state index contributed by atoms with van der Waals surface area (Å²) in [4.78, 5) is 0. The Morgan fingerprint density at radius 1 is 0.913 bits per heavy atom. The quantitative estimate of drug-likeness (QED) is 0.666. The average Bonchev–Trinajstić information content (AvgIpc) is 2.44. The van der Waals surface area contributed by atoms with Gasteiger partial charge in [-0.1, -0.05) is 6.07 Å². The van der Waals surface area contributed by atoms with Gasteiger partial charge in [0.1, 0.15) is 11.5 Å². The lowest BCUT2D eigenvalue weighted by Gasteiger charge is -2.21. The molecule has 0 saturated carbocycles. The van der Waals surface area contributed by atoms with Crippen LogP contribution in [0.3, 0.4) is 0 Å². The van der Waals surface area contributed by atoms with Gasteiger partial charge in [0.2, 0.25) is 0 Å². The van der Waals surface area contributed by atoms with Crippen LogP contribution >= 0.6 is 11.9 Å². The van der Waals surface area contributed by atoms with Gasteiger partial charge in [0, 0.05) is 4.75 Å². The van der Waals surface area contributed by atoms with Crippen molar-refractivity contribution in [2.75, 3.05) is 10.0 Å². The maximum absolute atomic E-state index is 14.2. The van der Waals surface area contributed by atoms with Gasteiger partial charge in [-0.15, -0.1) is 0 Å². The second kappa shape index (κ2) is 6.74. The van der Waals surface area contributed by atoms with E-state index >= 15 is 0 Å². The van der Waals surface area contributed by atoms with E-state index in [1.807, 2.05) is 20.8 Å². The second-order valence-corrected chi connectivity index (χ2v) is 7.84. The Labute approximate surface area is 138 Å². The molecule has 0 fully saturated rings. The molecule has 0 aliphatic heterocycles. The van der Waals surface area contributed by atoms with Crippen LogP contribution in [-0.2, 0) is 0 Å². The number of aryl methyl sites for hydroxylation is 1. The lowest BCUT2D eigenvalue weighted by Crippen LogP contribution is -2.12. The van der Waals surface area contributed by atoms with Crippen LogP contribution in [0.4, 0.5) is 30.2 Å². The number of anilines is 3. The van der Waals surface area contributed by atoms with Gasteiger partial charge < -0.3 is 10.0 Å². The van der Waals surface area contributed by atoms with Crippen LogP contribution in [0.25, 0.3) is 0 Å². The highest BCUT2D eigenvalue weighted by atomic mass is 32.2. The fraction of sp³-hybridized carbons (Fsp3) is 0.294. The standard InChI is InChI=1S/C17H19F3N2S/c1-10-5-7-13(12(19)9-10)21-16-14(22-23-17(2,3)4)8-6-11(18)15(16)20/h5-9,21-22H,1-4H3. The number of halogens is 3. The molecule has 2 aromatic rings. The Balaban J connectivity index is 2.37. The largest absolute Gasteiger partial charge is 0.349 e. The first-order valence-electron chi connectivity index (χ1n) is 7.12. The van der Waals surface area contributed by atoms with Crippen molar-refractivity contribution in [3.05, 3.63) is 53.3 Å². The maximum atomic E-state index is 14.2. The van der Waals surface area contributed by atoms with E-state index < -0.39 is 17.5 Å². The lowest BCUT2D eigenvalue weighted by molar-refractivity contribution is 0.512. The molecule has 0 aliphatic carbocycles. The highest BCUT2D eigenvalue weighted by Gasteiger charge is 2.18. The lowest BCUT2D eigenvalue weighted by atomic mass is 10.2. The van der Waals surface area contributed by atoms with Crippen molar-refractivity contribution in [2.24, 2.45) is 0 Å². The van der Waals surface area contributed by atoms with Crippen LogP contribution in [0.1, 0.15) is 26.3 Å². The molecule has 0 radical (unpaired) electrons. The summed E-state index contributed by atoms with van der Waals surface area (Å²) in [6.07, 6.45) is 0. The molecule has 0 atom stereocenters. The Morgan fingerprint density at radius 3 is 2.17 bits per heavy atom. The zero-order valence-electron chi connectivity index (χ0n) is 13.4. The molecular formula is C17H19F3N2S. The van der Waals surface area contributed by atoms with Crippen molar-refractivity contribution in [3.63, 3.8) is 0 Å². The summed E-state index contributed by atoms with van der Waals surface area (Å²) in [5.41, 5.74) is 1.06. The van der Waals surface area contributed by atoms with E-state index in [1.165, 1.54) is 30.1 Å². The van der Waals surface area contributed by atoms with E-state index in [2.05, 4.69) is 10.0 Å². The van der Waals surface area contributed by atoms with Gasteiger partial charge in [-0.2, -0.15) is 0 Å². The number of nitrogens with one attached hydrogen (secondary N) is 2. The summed E-state index contributed by atoms with van der Waals surface area (Å²) in [6, 6.07) is 6.98. The van der Waals surface area contributed by atoms with Crippen LogP contribution in [-0.4, -0.2) is 4.75 Å². The molecule has 2 nitrogen and oxygen atoms in total. The molecule has 0 spiro atoms. The molecule has 2 rings (SSSR count). The Kier molecular flexibility index (Phi) is 5.14. The van der Waals surface area contributed by atoms with E-state index in [0.29, 0.717) is 5.69 Å². The van der Waals surface area contributed by atoms with Crippen LogP contribution in [0, 0.1) is 24.4 Å². The molecule has 0 amide bonds. The summed E-state index contributed by atoms with van der Waals surface area (Å²) in [7, 11) is 0. The molecule has 0 heterocycles. The highest BCUT2D eigenvalue weighted by Crippen LogP contribution is 2.35. The van der Waals surface area contributed by atoms with E-state index in [9.17, 15) is 13.2 Å².